The second-order valence-electron chi connectivity index (χ2n) is 4.53. The predicted molar refractivity (Wildman–Crippen MR) is 77.2 cm³/mol. The second-order valence-corrected chi connectivity index (χ2v) is 5.56. The molecule has 0 saturated carbocycles. The van der Waals surface area contributed by atoms with E-state index < -0.39 is 5.97 Å². The van der Waals surface area contributed by atoms with Gasteiger partial charge >= 0.3 is 5.97 Å². The van der Waals surface area contributed by atoms with E-state index in [1.165, 1.54) is 4.68 Å². The smallest absolute Gasteiger partial charge is 0.358 e. The third-order valence-electron chi connectivity index (χ3n) is 3.06. The molecule has 8 heteroatoms. The molecule has 1 amide bonds. The molecular weight excluding hydrogens is 292 g/mol. The van der Waals surface area contributed by atoms with E-state index in [4.69, 9.17) is 5.11 Å². The van der Waals surface area contributed by atoms with Crippen LogP contribution in [0.4, 0.5) is 0 Å². The van der Waals surface area contributed by atoms with E-state index in [1.807, 2.05) is 24.4 Å². The zero-order valence-electron chi connectivity index (χ0n) is 11.8. The van der Waals surface area contributed by atoms with Gasteiger partial charge in [-0.05, 0) is 17.9 Å². The number of carbonyl (C=O) groups excluding carboxylic acids is 1. The second kappa shape index (κ2) is 6.49. The summed E-state index contributed by atoms with van der Waals surface area (Å²) < 4.78 is 1.36. The standard InChI is InChI=1S/C13H16N4O3S/c1-3-10-12(13(19)20)14-15-17(10)8-11(18)16(2)7-9-5-4-6-21-9/h4-6H,3,7-8H2,1-2H3,(H,19,20). The van der Waals surface area contributed by atoms with E-state index in [0.29, 0.717) is 18.7 Å². The van der Waals surface area contributed by atoms with Crippen LogP contribution in [0.3, 0.4) is 0 Å². The summed E-state index contributed by atoms with van der Waals surface area (Å²) in [5.41, 5.74) is 0.367. The largest absolute Gasteiger partial charge is 0.476 e. The molecule has 0 saturated heterocycles. The van der Waals surface area contributed by atoms with Gasteiger partial charge in [0.1, 0.15) is 6.54 Å². The van der Waals surface area contributed by atoms with Gasteiger partial charge in [-0.3, -0.25) is 4.79 Å². The third kappa shape index (κ3) is 3.46. The highest BCUT2D eigenvalue weighted by molar-refractivity contribution is 7.09. The van der Waals surface area contributed by atoms with E-state index in [0.717, 1.165) is 4.88 Å². The van der Waals surface area contributed by atoms with E-state index in [-0.39, 0.29) is 18.1 Å². The fraction of sp³-hybridized carbons (Fsp3) is 0.385. The fourth-order valence-corrected chi connectivity index (χ4v) is 2.71. The molecule has 0 aliphatic carbocycles. The topological polar surface area (TPSA) is 88.3 Å². The van der Waals surface area contributed by atoms with Crippen molar-refractivity contribution in [2.24, 2.45) is 0 Å². The van der Waals surface area contributed by atoms with Crippen LogP contribution >= 0.6 is 11.3 Å². The van der Waals surface area contributed by atoms with Gasteiger partial charge < -0.3 is 10.0 Å². The highest BCUT2D eigenvalue weighted by atomic mass is 32.1. The number of carbonyl (C=O) groups is 2. The van der Waals surface area contributed by atoms with Crippen molar-refractivity contribution in [2.45, 2.75) is 26.4 Å². The third-order valence-corrected chi connectivity index (χ3v) is 3.92. The highest BCUT2D eigenvalue weighted by Gasteiger charge is 2.20. The minimum absolute atomic E-state index is 0.00860. The normalized spacial score (nSPS) is 10.6. The number of amides is 1. The van der Waals surface area contributed by atoms with Gasteiger partial charge in [-0.15, -0.1) is 16.4 Å². The number of aromatic nitrogens is 3. The quantitative estimate of drug-likeness (QED) is 0.868. The average Bonchev–Trinajstić information content (AvgIpc) is 3.07. The highest BCUT2D eigenvalue weighted by Crippen LogP contribution is 2.12. The average molecular weight is 308 g/mol. The molecule has 0 fully saturated rings. The molecule has 21 heavy (non-hydrogen) atoms. The Bertz CT molecular complexity index is 636. The number of carboxylic acid groups (broad SMARTS) is 1. The number of nitrogens with zero attached hydrogens (tertiary/aromatic N) is 4. The van der Waals surface area contributed by atoms with Crippen LogP contribution in [0.5, 0.6) is 0 Å². The first-order valence-electron chi connectivity index (χ1n) is 6.45. The van der Waals surface area contributed by atoms with Crippen LogP contribution in [0.2, 0.25) is 0 Å². The number of hydrogen-bond donors (Lipinski definition) is 1. The molecule has 0 aliphatic rings. The minimum Gasteiger partial charge on any atom is -0.476 e. The van der Waals surface area contributed by atoms with Crippen molar-refractivity contribution in [3.05, 3.63) is 33.8 Å². The Morgan fingerprint density at radius 2 is 2.24 bits per heavy atom. The summed E-state index contributed by atoms with van der Waals surface area (Å²) in [6, 6.07) is 3.90. The molecule has 0 atom stereocenters. The number of rotatable bonds is 6. The number of likely N-dealkylation sites (N-methyl/N-ethyl adjacent to an activating group) is 1. The Kier molecular flexibility index (Phi) is 4.69. The molecule has 1 N–H and O–H groups in total. The van der Waals surface area contributed by atoms with E-state index in [9.17, 15) is 9.59 Å². The van der Waals surface area contributed by atoms with Crippen molar-refractivity contribution < 1.29 is 14.7 Å². The van der Waals surface area contributed by atoms with Crippen LogP contribution in [-0.2, 0) is 24.3 Å². The molecule has 2 aromatic rings. The Morgan fingerprint density at radius 3 is 2.81 bits per heavy atom. The lowest BCUT2D eigenvalue weighted by Crippen LogP contribution is -2.30. The van der Waals surface area contributed by atoms with Crippen molar-refractivity contribution >= 4 is 23.2 Å². The number of hydrogen-bond acceptors (Lipinski definition) is 5. The maximum Gasteiger partial charge on any atom is 0.358 e. The Balaban J connectivity index is 2.07. The lowest BCUT2D eigenvalue weighted by atomic mass is 10.2. The van der Waals surface area contributed by atoms with Crippen LogP contribution in [0.1, 0.15) is 28.0 Å². The summed E-state index contributed by atoms with van der Waals surface area (Å²) >= 11 is 1.58. The molecule has 0 bridgehead atoms. The number of aromatic carboxylic acids is 1. The lowest BCUT2D eigenvalue weighted by Gasteiger charge is -2.16. The summed E-state index contributed by atoms with van der Waals surface area (Å²) in [5, 5.41) is 18.4. The number of thiophene rings is 1. The van der Waals surface area contributed by atoms with Crippen LogP contribution < -0.4 is 0 Å². The Morgan fingerprint density at radius 1 is 1.48 bits per heavy atom. The van der Waals surface area contributed by atoms with E-state index >= 15 is 0 Å². The van der Waals surface area contributed by atoms with E-state index in [2.05, 4.69) is 10.3 Å². The van der Waals surface area contributed by atoms with Gasteiger partial charge in [0, 0.05) is 11.9 Å². The van der Waals surface area contributed by atoms with Crippen molar-refractivity contribution in [3.63, 3.8) is 0 Å². The van der Waals surface area contributed by atoms with Gasteiger partial charge in [-0.25, -0.2) is 9.48 Å². The first-order chi connectivity index (χ1) is 10.0. The van der Waals surface area contributed by atoms with Crippen molar-refractivity contribution in [3.8, 4) is 0 Å². The minimum atomic E-state index is -1.13. The summed E-state index contributed by atoms with van der Waals surface area (Å²) in [7, 11) is 1.71. The summed E-state index contributed by atoms with van der Waals surface area (Å²) in [6.45, 7) is 2.32. The molecule has 2 heterocycles. The maximum atomic E-state index is 12.2. The van der Waals surface area contributed by atoms with Crippen molar-refractivity contribution in [1.82, 2.24) is 19.9 Å². The number of carboxylic acids is 1. The van der Waals surface area contributed by atoms with E-state index in [1.54, 1.807) is 23.3 Å². The monoisotopic (exact) mass is 308 g/mol. The Hall–Kier alpha value is -2.22. The van der Waals surface area contributed by atoms with Crippen LogP contribution in [0.25, 0.3) is 0 Å². The molecule has 0 unspecified atom stereocenters. The summed E-state index contributed by atoms with van der Waals surface area (Å²) in [6.07, 6.45) is 0.455. The summed E-state index contributed by atoms with van der Waals surface area (Å²) in [4.78, 5) is 25.9. The molecule has 112 valence electrons. The molecule has 0 spiro atoms. The van der Waals surface area contributed by atoms with Crippen LogP contribution in [0.15, 0.2) is 17.5 Å². The predicted octanol–water partition coefficient (Wildman–Crippen LogP) is 1.26. The molecule has 0 aromatic carbocycles. The molecule has 2 rings (SSSR count). The maximum absolute atomic E-state index is 12.2. The fourth-order valence-electron chi connectivity index (χ4n) is 1.95. The zero-order valence-corrected chi connectivity index (χ0v) is 12.6. The van der Waals surface area contributed by atoms with Crippen molar-refractivity contribution in [2.75, 3.05) is 7.05 Å². The van der Waals surface area contributed by atoms with Gasteiger partial charge in [-0.2, -0.15) is 0 Å². The molecule has 0 aliphatic heterocycles. The van der Waals surface area contributed by atoms with Crippen LogP contribution in [-0.4, -0.2) is 43.9 Å². The summed E-state index contributed by atoms with van der Waals surface area (Å²) in [5.74, 6) is -1.27. The Labute approximate surface area is 125 Å². The van der Waals surface area contributed by atoms with Gasteiger partial charge in [0.25, 0.3) is 0 Å². The first kappa shape index (κ1) is 15.2. The zero-order chi connectivity index (χ0) is 15.4. The van der Waals surface area contributed by atoms with Crippen LogP contribution in [0, 0.1) is 0 Å². The van der Waals surface area contributed by atoms with Gasteiger partial charge in [0.15, 0.2) is 5.69 Å². The molecule has 2 aromatic heterocycles. The lowest BCUT2D eigenvalue weighted by molar-refractivity contribution is -0.131. The first-order valence-corrected chi connectivity index (χ1v) is 7.32. The molecule has 7 nitrogen and oxygen atoms in total. The van der Waals surface area contributed by atoms with Gasteiger partial charge in [0.2, 0.25) is 5.91 Å². The van der Waals surface area contributed by atoms with Gasteiger partial charge in [-0.1, -0.05) is 18.2 Å². The van der Waals surface area contributed by atoms with Gasteiger partial charge in [0.05, 0.1) is 12.2 Å². The van der Waals surface area contributed by atoms with Crippen molar-refractivity contribution in [1.29, 1.82) is 0 Å². The SMILES string of the molecule is CCc1c(C(=O)O)nnn1CC(=O)N(C)Cc1cccs1. The molecule has 0 radical (unpaired) electrons. The molecular formula is C13H16N4O3S.